The lowest BCUT2D eigenvalue weighted by Gasteiger charge is -2.06. The lowest BCUT2D eigenvalue weighted by Crippen LogP contribution is -2.17. The molecule has 0 unspecified atom stereocenters. The highest BCUT2D eigenvalue weighted by Gasteiger charge is 1.99. The largest absolute Gasteiger partial charge is 0.394 e. The third kappa shape index (κ3) is 7.94. The van der Waals surface area contributed by atoms with Crippen molar-refractivity contribution in [3.8, 4) is 0 Å². The average Bonchev–Trinajstić information content (AvgIpc) is 2.10. The molecule has 0 heterocycles. The van der Waals surface area contributed by atoms with Gasteiger partial charge in [-0.3, -0.25) is 0 Å². The van der Waals surface area contributed by atoms with Gasteiger partial charge in [-0.15, -0.1) is 0 Å². The van der Waals surface area contributed by atoms with Crippen LogP contribution in [0.25, 0.3) is 0 Å². The summed E-state index contributed by atoms with van der Waals surface area (Å²) in [5.41, 5.74) is 2.78. The fraction of sp³-hybridized carbons (Fsp3) is 1.00. The Morgan fingerprint density at radius 3 is 2.75 bits per heavy atom. The Balaban J connectivity index is 2.90. The van der Waals surface area contributed by atoms with Crippen molar-refractivity contribution < 1.29 is 15.1 Å². The number of aliphatic hydroxyl groups is 2. The fourth-order valence-corrected chi connectivity index (χ4v) is 0.843. The number of hydroxylamine groups is 1. The highest BCUT2D eigenvalue weighted by atomic mass is 16.6. The van der Waals surface area contributed by atoms with Crippen molar-refractivity contribution in [3.63, 3.8) is 0 Å². The maximum absolute atomic E-state index is 8.96. The van der Waals surface area contributed by atoms with E-state index in [1.165, 1.54) is 0 Å². The van der Waals surface area contributed by atoms with Crippen LogP contribution in [0, 0.1) is 0 Å². The van der Waals surface area contributed by atoms with Crippen LogP contribution in [0.3, 0.4) is 0 Å². The van der Waals surface area contributed by atoms with Gasteiger partial charge in [0.25, 0.3) is 0 Å². The lowest BCUT2D eigenvalue weighted by molar-refractivity contribution is 0.0478. The molecule has 0 saturated heterocycles. The molecular weight excluding hydrogens is 158 g/mol. The zero-order valence-electron chi connectivity index (χ0n) is 7.62. The maximum Gasteiger partial charge on any atom is 0.0770 e. The van der Waals surface area contributed by atoms with Crippen LogP contribution in [0.1, 0.15) is 26.2 Å². The van der Waals surface area contributed by atoms with E-state index in [1.807, 2.05) is 6.92 Å². The van der Waals surface area contributed by atoms with E-state index in [0.29, 0.717) is 13.0 Å². The Labute approximate surface area is 73.5 Å². The third-order valence-electron chi connectivity index (χ3n) is 1.52. The Hall–Kier alpha value is -0.160. The van der Waals surface area contributed by atoms with Gasteiger partial charge in [-0.05, 0) is 26.2 Å². The van der Waals surface area contributed by atoms with Crippen molar-refractivity contribution >= 4 is 0 Å². The molecule has 0 aliphatic rings. The Morgan fingerprint density at radius 1 is 1.42 bits per heavy atom. The lowest BCUT2D eigenvalue weighted by atomic mass is 10.2. The molecule has 0 aromatic carbocycles. The van der Waals surface area contributed by atoms with Crippen LogP contribution >= 0.6 is 0 Å². The average molecular weight is 177 g/mol. The summed E-state index contributed by atoms with van der Waals surface area (Å²) in [5.74, 6) is 0. The number of hydrogen-bond donors (Lipinski definition) is 3. The van der Waals surface area contributed by atoms with Gasteiger partial charge in [-0.1, -0.05) is 0 Å². The molecule has 0 radical (unpaired) electrons. The van der Waals surface area contributed by atoms with Gasteiger partial charge in [0.1, 0.15) is 0 Å². The quantitative estimate of drug-likeness (QED) is 0.362. The molecule has 4 nitrogen and oxygen atoms in total. The van der Waals surface area contributed by atoms with Gasteiger partial charge in [-0.25, -0.2) is 5.48 Å². The van der Waals surface area contributed by atoms with Gasteiger partial charge in [0.15, 0.2) is 0 Å². The number of nitrogens with one attached hydrogen (secondary N) is 1. The molecule has 0 spiro atoms. The van der Waals surface area contributed by atoms with Crippen molar-refractivity contribution in [2.24, 2.45) is 0 Å². The van der Waals surface area contributed by atoms with Crippen LogP contribution in [0.15, 0.2) is 0 Å². The van der Waals surface area contributed by atoms with Gasteiger partial charge in [0, 0.05) is 6.54 Å². The van der Waals surface area contributed by atoms with Crippen LogP contribution in [-0.2, 0) is 4.84 Å². The molecule has 0 bridgehead atoms. The second-order valence-electron chi connectivity index (χ2n) is 2.66. The van der Waals surface area contributed by atoms with E-state index in [0.717, 1.165) is 19.4 Å². The number of hydrogen-bond acceptors (Lipinski definition) is 4. The molecule has 0 aliphatic heterocycles. The summed E-state index contributed by atoms with van der Waals surface area (Å²) < 4.78 is 0. The zero-order valence-corrected chi connectivity index (χ0v) is 7.62. The van der Waals surface area contributed by atoms with Crippen molar-refractivity contribution in [2.75, 3.05) is 19.8 Å². The minimum Gasteiger partial charge on any atom is -0.394 e. The van der Waals surface area contributed by atoms with Crippen LogP contribution in [0.5, 0.6) is 0 Å². The predicted molar refractivity (Wildman–Crippen MR) is 46.6 cm³/mol. The van der Waals surface area contributed by atoms with E-state index in [9.17, 15) is 0 Å². The summed E-state index contributed by atoms with van der Waals surface area (Å²) in [7, 11) is 0. The van der Waals surface area contributed by atoms with E-state index in [4.69, 9.17) is 15.1 Å². The molecule has 0 fully saturated rings. The Kier molecular flexibility index (Phi) is 8.81. The SMILES string of the molecule is CCONCCCC[C@H](O)CO. The topological polar surface area (TPSA) is 61.7 Å². The van der Waals surface area contributed by atoms with Crippen molar-refractivity contribution in [3.05, 3.63) is 0 Å². The zero-order chi connectivity index (χ0) is 9.23. The van der Waals surface area contributed by atoms with Gasteiger partial charge in [-0.2, -0.15) is 0 Å². The number of rotatable bonds is 8. The van der Waals surface area contributed by atoms with Crippen LogP contribution in [-0.4, -0.2) is 36.1 Å². The molecule has 0 saturated carbocycles. The first-order chi connectivity index (χ1) is 5.81. The van der Waals surface area contributed by atoms with Crippen LogP contribution in [0.4, 0.5) is 0 Å². The molecule has 74 valence electrons. The van der Waals surface area contributed by atoms with E-state index < -0.39 is 6.10 Å². The smallest absolute Gasteiger partial charge is 0.0770 e. The molecule has 0 rings (SSSR count). The summed E-state index contributed by atoms with van der Waals surface area (Å²) >= 11 is 0. The molecular formula is C8H19NO3. The predicted octanol–water partition coefficient (Wildman–Crippen LogP) is 0.0510. The second-order valence-corrected chi connectivity index (χ2v) is 2.66. The molecule has 0 aromatic heterocycles. The van der Waals surface area contributed by atoms with Crippen molar-refractivity contribution in [2.45, 2.75) is 32.3 Å². The van der Waals surface area contributed by atoms with Crippen molar-refractivity contribution in [1.29, 1.82) is 0 Å². The molecule has 12 heavy (non-hydrogen) atoms. The Morgan fingerprint density at radius 2 is 2.17 bits per heavy atom. The molecule has 0 amide bonds. The van der Waals surface area contributed by atoms with E-state index in [1.54, 1.807) is 0 Å². The summed E-state index contributed by atoms with van der Waals surface area (Å²) in [5, 5.41) is 17.4. The van der Waals surface area contributed by atoms with E-state index in [2.05, 4.69) is 5.48 Å². The normalized spacial score (nSPS) is 13.2. The molecule has 4 heteroatoms. The first kappa shape index (κ1) is 11.8. The van der Waals surface area contributed by atoms with E-state index >= 15 is 0 Å². The summed E-state index contributed by atoms with van der Waals surface area (Å²) in [6.07, 6.45) is 1.96. The first-order valence-electron chi connectivity index (χ1n) is 4.44. The van der Waals surface area contributed by atoms with Gasteiger partial charge >= 0.3 is 0 Å². The minimum atomic E-state index is -0.558. The maximum atomic E-state index is 8.96. The monoisotopic (exact) mass is 177 g/mol. The number of unbranched alkanes of at least 4 members (excludes halogenated alkanes) is 1. The third-order valence-corrected chi connectivity index (χ3v) is 1.52. The molecule has 0 aliphatic carbocycles. The van der Waals surface area contributed by atoms with Crippen LogP contribution < -0.4 is 5.48 Å². The summed E-state index contributed by atoms with van der Waals surface area (Å²) in [6, 6.07) is 0. The standard InChI is InChI=1S/C8H19NO3/c1-2-12-9-6-4-3-5-8(11)7-10/h8-11H,2-7H2,1H3/t8-/m0/s1. The minimum absolute atomic E-state index is 0.140. The molecule has 1 atom stereocenters. The highest BCUT2D eigenvalue weighted by Crippen LogP contribution is 1.98. The fourth-order valence-electron chi connectivity index (χ4n) is 0.843. The van der Waals surface area contributed by atoms with E-state index in [-0.39, 0.29) is 6.61 Å². The number of aliphatic hydroxyl groups excluding tert-OH is 2. The van der Waals surface area contributed by atoms with Gasteiger partial charge in [0.05, 0.1) is 19.3 Å². The second kappa shape index (κ2) is 8.93. The Bertz CT molecular complexity index is 90.4. The van der Waals surface area contributed by atoms with Gasteiger partial charge in [0.2, 0.25) is 0 Å². The summed E-state index contributed by atoms with van der Waals surface area (Å²) in [6.45, 7) is 3.24. The molecule has 3 N–H and O–H groups in total. The highest BCUT2D eigenvalue weighted by molar-refractivity contribution is 4.52. The van der Waals surface area contributed by atoms with Gasteiger partial charge < -0.3 is 15.1 Å². The first-order valence-corrected chi connectivity index (χ1v) is 4.44. The van der Waals surface area contributed by atoms with Crippen molar-refractivity contribution in [1.82, 2.24) is 5.48 Å². The van der Waals surface area contributed by atoms with Crippen LogP contribution in [0.2, 0.25) is 0 Å². The molecule has 0 aromatic rings. The summed E-state index contributed by atoms with van der Waals surface area (Å²) in [4.78, 5) is 4.90.